The molecule has 2 aromatic rings. The van der Waals surface area contributed by atoms with Gasteiger partial charge in [0.2, 0.25) is 0 Å². The first-order chi connectivity index (χ1) is 10.6. The van der Waals surface area contributed by atoms with Crippen LogP contribution in [0, 0.1) is 13.8 Å². The van der Waals surface area contributed by atoms with E-state index in [9.17, 15) is 0 Å². The summed E-state index contributed by atoms with van der Waals surface area (Å²) < 4.78 is 16.9. The van der Waals surface area contributed by atoms with Gasteiger partial charge in [-0.3, -0.25) is 0 Å². The van der Waals surface area contributed by atoms with Crippen LogP contribution in [0.4, 0.5) is 0 Å². The maximum absolute atomic E-state index is 8.44. The minimum atomic E-state index is -1.29. The Morgan fingerprint density at radius 2 is 1.62 bits per heavy atom. The average molecular weight is 282 g/mol. The van der Waals surface area contributed by atoms with Gasteiger partial charge in [-0.05, 0) is 60.7 Å². The molecular weight excluding hydrogens is 252 g/mol. The number of benzene rings is 2. The summed E-state index contributed by atoms with van der Waals surface area (Å²) in [6.45, 7) is 10.7. The maximum Gasteiger partial charge on any atom is 0.0316 e. The van der Waals surface area contributed by atoms with Crippen molar-refractivity contribution in [1.82, 2.24) is 0 Å². The molecule has 0 saturated carbocycles. The third-order valence-corrected chi connectivity index (χ3v) is 3.93. The second-order valence-corrected chi connectivity index (χ2v) is 6.94. The highest BCUT2D eigenvalue weighted by molar-refractivity contribution is 5.31. The van der Waals surface area contributed by atoms with Crippen LogP contribution in [0.1, 0.15) is 57.8 Å². The van der Waals surface area contributed by atoms with Gasteiger partial charge < -0.3 is 0 Å². The number of aryl methyl sites for hydroxylation is 4. The average Bonchev–Trinajstić information content (AvgIpc) is 2.44. The zero-order valence-electron chi connectivity index (χ0n) is 16.0. The Bertz CT molecular complexity index is 661. The van der Waals surface area contributed by atoms with Crippen molar-refractivity contribution in [3.05, 3.63) is 70.3 Å². The fraction of sp³-hybridized carbons (Fsp3) is 0.429. The Morgan fingerprint density at radius 3 is 2.19 bits per heavy atom. The van der Waals surface area contributed by atoms with Crippen LogP contribution in [0.25, 0.3) is 0 Å². The quantitative estimate of drug-likeness (QED) is 0.667. The van der Waals surface area contributed by atoms with Crippen LogP contribution in [0.5, 0.6) is 0 Å². The van der Waals surface area contributed by atoms with E-state index in [0.29, 0.717) is 6.42 Å². The fourth-order valence-electron chi connectivity index (χ4n) is 2.52. The molecule has 0 heterocycles. The van der Waals surface area contributed by atoms with Crippen molar-refractivity contribution in [2.75, 3.05) is 0 Å². The predicted molar refractivity (Wildman–Crippen MR) is 93.1 cm³/mol. The third kappa shape index (κ3) is 4.46. The first-order valence-corrected chi connectivity index (χ1v) is 7.77. The van der Waals surface area contributed by atoms with Gasteiger partial charge in [0.15, 0.2) is 0 Å². The molecule has 2 rings (SSSR count). The minimum absolute atomic E-state index is 0.159. The molecule has 2 aromatic carbocycles. The molecule has 0 bridgehead atoms. The Labute approximate surface area is 133 Å². The van der Waals surface area contributed by atoms with E-state index in [2.05, 4.69) is 51.1 Å². The second kappa shape index (κ2) is 6.47. The smallest absolute Gasteiger partial charge is 0.0316 e. The summed E-state index contributed by atoms with van der Waals surface area (Å²) in [6.07, 6.45) is -0.0308. The summed E-state index contributed by atoms with van der Waals surface area (Å²) in [5.74, 6) is 0. The molecule has 21 heavy (non-hydrogen) atoms. The van der Waals surface area contributed by atoms with Gasteiger partial charge in [-0.15, -0.1) is 0 Å². The molecule has 0 spiro atoms. The first kappa shape index (κ1) is 13.1. The van der Waals surface area contributed by atoms with E-state index in [1.807, 2.05) is 26.0 Å². The molecule has 112 valence electrons. The second-order valence-electron chi connectivity index (χ2n) is 6.94. The SMILES string of the molecule is [2H]C([2H])(CCc1ccc(C(C)(C)C)cc1)c1ccc(C)cc1C. The molecule has 0 N–H and O–H groups in total. The van der Waals surface area contributed by atoms with E-state index in [1.54, 1.807) is 0 Å². The molecule has 0 aliphatic carbocycles. The Kier molecular flexibility index (Phi) is 4.05. The van der Waals surface area contributed by atoms with E-state index >= 15 is 0 Å². The van der Waals surface area contributed by atoms with Crippen molar-refractivity contribution in [3.63, 3.8) is 0 Å². The van der Waals surface area contributed by atoms with Crippen LogP contribution in [-0.2, 0) is 18.2 Å². The molecule has 0 saturated heterocycles. The highest BCUT2D eigenvalue weighted by atomic mass is 14.2. The summed E-state index contributed by atoms with van der Waals surface area (Å²) in [7, 11) is 0. The maximum atomic E-state index is 8.44. The van der Waals surface area contributed by atoms with Crippen molar-refractivity contribution in [1.29, 1.82) is 0 Å². The monoisotopic (exact) mass is 282 g/mol. The van der Waals surface area contributed by atoms with Crippen LogP contribution in [0.3, 0.4) is 0 Å². The molecule has 0 atom stereocenters. The molecule has 0 radical (unpaired) electrons. The highest BCUT2D eigenvalue weighted by Crippen LogP contribution is 2.22. The molecular formula is C21H28. The van der Waals surface area contributed by atoms with Gasteiger partial charge in [-0.25, -0.2) is 0 Å². The lowest BCUT2D eigenvalue weighted by Gasteiger charge is -2.19. The fourth-order valence-corrected chi connectivity index (χ4v) is 2.52. The van der Waals surface area contributed by atoms with E-state index in [1.165, 1.54) is 16.7 Å². The van der Waals surface area contributed by atoms with Crippen LogP contribution >= 0.6 is 0 Å². The van der Waals surface area contributed by atoms with E-state index in [-0.39, 0.29) is 5.41 Å². The lowest BCUT2D eigenvalue weighted by molar-refractivity contribution is 0.590. The van der Waals surface area contributed by atoms with Crippen molar-refractivity contribution in [3.8, 4) is 0 Å². The molecule has 0 aliphatic heterocycles. The number of hydrogen-bond donors (Lipinski definition) is 0. The van der Waals surface area contributed by atoms with E-state index in [0.717, 1.165) is 17.5 Å². The number of rotatable bonds is 4. The summed E-state index contributed by atoms with van der Waals surface area (Å²) in [4.78, 5) is 0. The molecule has 0 fully saturated rings. The van der Waals surface area contributed by atoms with Crippen molar-refractivity contribution < 1.29 is 2.74 Å². The normalized spacial score (nSPS) is 13.8. The van der Waals surface area contributed by atoms with Crippen LogP contribution in [0.15, 0.2) is 42.5 Å². The van der Waals surface area contributed by atoms with Gasteiger partial charge >= 0.3 is 0 Å². The molecule has 0 heteroatoms. The molecule has 0 aliphatic rings. The third-order valence-electron chi connectivity index (χ3n) is 3.93. The summed E-state index contributed by atoms with van der Waals surface area (Å²) in [6, 6.07) is 14.6. The van der Waals surface area contributed by atoms with Crippen molar-refractivity contribution >= 4 is 0 Å². The van der Waals surface area contributed by atoms with E-state index in [4.69, 9.17) is 2.74 Å². The molecule has 0 nitrogen and oxygen atoms in total. The Balaban J connectivity index is 2.10. The lowest BCUT2D eigenvalue weighted by atomic mass is 9.86. The van der Waals surface area contributed by atoms with Crippen molar-refractivity contribution in [2.45, 2.75) is 59.2 Å². The lowest BCUT2D eigenvalue weighted by Crippen LogP contribution is -2.10. The Morgan fingerprint density at radius 1 is 0.952 bits per heavy atom. The molecule has 0 aromatic heterocycles. The Hall–Kier alpha value is -1.56. The number of hydrogen-bond acceptors (Lipinski definition) is 0. The van der Waals surface area contributed by atoms with Gasteiger partial charge in [0.05, 0.1) is 0 Å². The zero-order chi connectivity index (χ0) is 17.3. The summed E-state index contributed by atoms with van der Waals surface area (Å²) in [5, 5.41) is 0. The van der Waals surface area contributed by atoms with Gasteiger partial charge in [-0.1, -0.05) is 68.8 Å². The van der Waals surface area contributed by atoms with Crippen LogP contribution in [0.2, 0.25) is 0 Å². The van der Waals surface area contributed by atoms with Gasteiger partial charge in [-0.2, -0.15) is 0 Å². The summed E-state index contributed by atoms with van der Waals surface area (Å²) >= 11 is 0. The van der Waals surface area contributed by atoms with Crippen LogP contribution in [-0.4, -0.2) is 0 Å². The standard InChI is InChI=1S/C21H28/c1-16-9-12-19(17(2)15-16)8-6-7-18-10-13-20(14-11-18)21(3,4)5/h9-15H,6-8H2,1-5H3/i8D2. The highest BCUT2D eigenvalue weighted by Gasteiger charge is 2.12. The van der Waals surface area contributed by atoms with Crippen LogP contribution < -0.4 is 0 Å². The minimum Gasteiger partial charge on any atom is -0.0590 e. The molecule has 0 amide bonds. The first-order valence-electron chi connectivity index (χ1n) is 8.77. The zero-order valence-corrected chi connectivity index (χ0v) is 14.0. The molecule has 0 unspecified atom stereocenters. The van der Waals surface area contributed by atoms with Gasteiger partial charge in [0.1, 0.15) is 0 Å². The van der Waals surface area contributed by atoms with Crippen molar-refractivity contribution in [2.24, 2.45) is 0 Å². The topological polar surface area (TPSA) is 0 Å². The largest absolute Gasteiger partial charge is 0.0590 e. The van der Waals surface area contributed by atoms with E-state index < -0.39 is 6.37 Å². The van der Waals surface area contributed by atoms with Gasteiger partial charge in [0, 0.05) is 2.74 Å². The van der Waals surface area contributed by atoms with Gasteiger partial charge in [0.25, 0.3) is 0 Å². The summed E-state index contributed by atoms with van der Waals surface area (Å²) in [5.41, 5.74) is 5.71. The predicted octanol–water partition coefficient (Wildman–Crippen LogP) is 5.78.